The van der Waals surface area contributed by atoms with Crippen LogP contribution < -0.4 is 21.7 Å². The van der Waals surface area contributed by atoms with Crippen LogP contribution in [0.3, 0.4) is 0 Å². The van der Waals surface area contributed by atoms with Crippen molar-refractivity contribution >= 4 is 35.5 Å². The van der Waals surface area contributed by atoms with E-state index in [1.807, 2.05) is 43.5 Å². The van der Waals surface area contributed by atoms with Crippen LogP contribution in [0, 0.1) is 5.92 Å². The summed E-state index contributed by atoms with van der Waals surface area (Å²) in [5.74, 6) is -2.31. The van der Waals surface area contributed by atoms with Crippen LogP contribution in [-0.4, -0.2) is 65.0 Å². The van der Waals surface area contributed by atoms with Crippen molar-refractivity contribution in [3.8, 4) is 0 Å². The number of carbonyl (C=O) groups is 4. The van der Waals surface area contributed by atoms with Crippen molar-refractivity contribution in [2.75, 3.05) is 12.0 Å². The van der Waals surface area contributed by atoms with Gasteiger partial charge in [-0.25, -0.2) is 4.79 Å². The monoisotopic (exact) mass is 480 g/mol. The van der Waals surface area contributed by atoms with Gasteiger partial charge in [0.1, 0.15) is 18.1 Å². The Labute approximate surface area is 199 Å². The molecule has 0 aromatic heterocycles. The summed E-state index contributed by atoms with van der Waals surface area (Å²) in [6.45, 7) is 5.03. The highest BCUT2D eigenvalue weighted by Gasteiger charge is 2.30. The Bertz CT molecular complexity index is 792. The van der Waals surface area contributed by atoms with E-state index in [1.165, 1.54) is 6.92 Å². The maximum atomic E-state index is 13.0. The maximum absolute atomic E-state index is 13.0. The summed E-state index contributed by atoms with van der Waals surface area (Å²) in [5, 5.41) is 17.1. The van der Waals surface area contributed by atoms with Crippen LogP contribution in [-0.2, 0) is 25.6 Å². The van der Waals surface area contributed by atoms with Gasteiger partial charge in [0, 0.05) is 6.42 Å². The molecule has 0 heterocycles. The summed E-state index contributed by atoms with van der Waals surface area (Å²) in [5.41, 5.74) is 6.77. The second kappa shape index (κ2) is 14.5. The lowest BCUT2D eigenvalue weighted by atomic mass is 9.99. The summed E-state index contributed by atoms with van der Waals surface area (Å²) >= 11 is 1.57. The fraction of sp³-hybridized carbons (Fsp3) is 0.565. The van der Waals surface area contributed by atoms with E-state index >= 15 is 0 Å². The molecule has 6 N–H and O–H groups in total. The Morgan fingerprint density at radius 3 is 2.18 bits per heavy atom. The molecule has 1 rings (SSSR count). The van der Waals surface area contributed by atoms with Crippen molar-refractivity contribution in [2.45, 2.75) is 64.2 Å². The van der Waals surface area contributed by atoms with Crippen LogP contribution in [0.15, 0.2) is 30.3 Å². The predicted molar refractivity (Wildman–Crippen MR) is 130 cm³/mol. The first kappa shape index (κ1) is 28.4. The zero-order chi connectivity index (χ0) is 25.0. The Balaban J connectivity index is 2.89. The van der Waals surface area contributed by atoms with Gasteiger partial charge < -0.3 is 26.8 Å². The van der Waals surface area contributed by atoms with E-state index in [1.54, 1.807) is 18.7 Å². The number of hydrogen-bond acceptors (Lipinski definition) is 6. The molecule has 10 heteroatoms. The molecule has 9 nitrogen and oxygen atoms in total. The average Bonchev–Trinajstić information content (AvgIpc) is 2.79. The van der Waals surface area contributed by atoms with E-state index in [-0.39, 0.29) is 12.3 Å². The molecule has 0 radical (unpaired) electrons. The van der Waals surface area contributed by atoms with Gasteiger partial charge in [-0.2, -0.15) is 11.8 Å². The third-order valence-electron chi connectivity index (χ3n) is 5.41. The minimum Gasteiger partial charge on any atom is -0.480 e. The molecular weight excluding hydrogens is 444 g/mol. The number of carboxylic acid groups (broad SMARTS) is 1. The number of rotatable bonds is 14. The summed E-state index contributed by atoms with van der Waals surface area (Å²) in [6, 6.07) is 5.41. The minimum atomic E-state index is -1.13. The standard InChI is InChI=1S/C23H36N4O5S/c1-5-14(2)19(23(31)32)27-20(28)15(3)25-22(30)18(13-16-9-7-6-8-10-16)26-21(29)17(24)11-12-33-4/h6-10,14-15,17-19H,5,11-13,24H2,1-4H3,(H,25,30)(H,26,29)(H,27,28)(H,31,32). The van der Waals surface area contributed by atoms with Crippen LogP contribution in [0.5, 0.6) is 0 Å². The Morgan fingerprint density at radius 2 is 1.64 bits per heavy atom. The highest BCUT2D eigenvalue weighted by Crippen LogP contribution is 2.09. The number of aliphatic carboxylic acids is 1. The third kappa shape index (κ3) is 9.83. The normalized spacial score (nSPS) is 15.4. The molecule has 3 amide bonds. The molecule has 0 fully saturated rings. The van der Waals surface area contributed by atoms with Crippen molar-refractivity contribution in [2.24, 2.45) is 11.7 Å². The molecule has 1 aromatic rings. The van der Waals surface area contributed by atoms with Crippen LogP contribution in [0.1, 0.15) is 39.2 Å². The Morgan fingerprint density at radius 1 is 1.00 bits per heavy atom. The zero-order valence-electron chi connectivity index (χ0n) is 19.7. The van der Waals surface area contributed by atoms with Crippen LogP contribution in [0.25, 0.3) is 0 Å². The number of carbonyl (C=O) groups excluding carboxylic acids is 3. The lowest BCUT2D eigenvalue weighted by Gasteiger charge is -2.25. The van der Waals surface area contributed by atoms with Gasteiger partial charge in [0.05, 0.1) is 6.04 Å². The molecule has 5 atom stereocenters. The van der Waals surface area contributed by atoms with Crippen LogP contribution in [0.4, 0.5) is 0 Å². The number of nitrogens with two attached hydrogens (primary N) is 1. The van der Waals surface area contributed by atoms with Gasteiger partial charge in [0.15, 0.2) is 0 Å². The molecule has 0 aliphatic rings. The molecule has 0 saturated carbocycles. The number of carboxylic acids is 1. The molecule has 0 spiro atoms. The number of benzene rings is 1. The predicted octanol–water partition coefficient (Wildman–Crippen LogP) is 0.915. The molecule has 33 heavy (non-hydrogen) atoms. The summed E-state index contributed by atoms with van der Waals surface area (Å²) in [6.07, 6.45) is 3.17. The van der Waals surface area contributed by atoms with Gasteiger partial charge in [0.25, 0.3) is 0 Å². The Kier molecular flexibility index (Phi) is 12.5. The molecule has 0 aliphatic carbocycles. The van der Waals surface area contributed by atoms with Crippen molar-refractivity contribution in [3.63, 3.8) is 0 Å². The third-order valence-corrected chi connectivity index (χ3v) is 6.06. The lowest BCUT2D eigenvalue weighted by Crippen LogP contribution is -2.57. The highest BCUT2D eigenvalue weighted by molar-refractivity contribution is 7.98. The smallest absolute Gasteiger partial charge is 0.326 e. The number of hydrogen-bond donors (Lipinski definition) is 5. The maximum Gasteiger partial charge on any atom is 0.326 e. The lowest BCUT2D eigenvalue weighted by molar-refractivity contribution is -0.143. The highest BCUT2D eigenvalue weighted by atomic mass is 32.2. The van der Waals surface area contributed by atoms with Gasteiger partial charge in [-0.05, 0) is 36.8 Å². The molecule has 5 unspecified atom stereocenters. The van der Waals surface area contributed by atoms with E-state index in [2.05, 4.69) is 16.0 Å². The molecular formula is C23H36N4O5S. The summed E-state index contributed by atoms with van der Waals surface area (Å²) < 4.78 is 0. The first-order valence-corrected chi connectivity index (χ1v) is 12.4. The van der Waals surface area contributed by atoms with E-state index in [0.717, 1.165) is 5.56 Å². The van der Waals surface area contributed by atoms with Crippen molar-refractivity contribution < 1.29 is 24.3 Å². The first-order chi connectivity index (χ1) is 15.6. The summed E-state index contributed by atoms with van der Waals surface area (Å²) in [7, 11) is 0. The number of nitrogens with one attached hydrogen (secondary N) is 3. The van der Waals surface area contributed by atoms with Crippen molar-refractivity contribution in [1.82, 2.24) is 16.0 Å². The van der Waals surface area contributed by atoms with E-state index in [0.29, 0.717) is 18.6 Å². The van der Waals surface area contributed by atoms with Crippen LogP contribution in [0.2, 0.25) is 0 Å². The fourth-order valence-electron chi connectivity index (χ4n) is 3.05. The number of thioether (sulfide) groups is 1. The molecule has 0 aliphatic heterocycles. The quantitative estimate of drug-likeness (QED) is 0.266. The number of amides is 3. The van der Waals surface area contributed by atoms with Gasteiger partial charge in [-0.3, -0.25) is 14.4 Å². The van der Waals surface area contributed by atoms with Gasteiger partial charge in [-0.15, -0.1) is 0 Å². The second-order valence-corrected chi connectivity index (χ2v) is 9.06. The fourth-order valence-corrected chi connectivity index (χ4v) is 3.54. The van der Waals surface area contributed by atoms with Crippen molar-refractivity contribution in [3.05, 3.63) is 35.9 Å². The molecule has 1 aromatic carbocycles. The topological polar surface area (TPSA) is 151 Å². The zero-order valence-corrected chi connectivity index (χ0v) is 20.5. The van der Waals surface area contributed by atoms with Gasteiger partial charge >= 0.3 is 5.97 Å². The van der Waals surface area contributed by atoms with Gasteiger partial charge in [-0.1, -0.05) is 50.6 Å². The SMILES string of the molecule is CCC(C)C(NC(=O)C(C)NC(=O)C(Cc1ccccc1)NC(=O)C(N)CCSC)C(=O)O. The largest absolute Gasteiger partial charge is 0.480 e. The molecule has 0 saturated heterocycles. The van der Waals surface area contributed by atoms with Crippen molar-refractivity contribution in [1.29, 1.82) is 0 Å². The first-order valence-electron chi connectivity index (χ1n) is 11.0. The second-order valence-electron chi connectivity index (χ2n) is 8.08. The molecule has 0 bridgehead atoms. The van der Waals surface area contributed by atoms with Crippen LogP contribution >= 0.6 is 11.8 Å². The van der Waals surface area contributed by atoms with E-state index < -0.39 is 47.9 Å². The summed E-state index contributed by atoms with van der Waals surface area (Å²) in [4.78, 5) is 49.5. The Hall–Kier alpha value is -2.59. The molecule has 184 valence electrons. The van der Waals surface area contributed by atoms with E-state index in [4.69, 9.17) is 5.73 Å². The minimum absolute atomic E-state index is 0.215. The van der Waals surface area contributed by atoms with E-state index in [9.17, 15) is 24.3 Å². The average molecular weight is 481 g/mol. The van der Waals surface area contributed by atoms with Gasteiger partial charge in [0.2, 0.25) is 17.7 Å².